The number of carbonyl (C=O) groups excluding carboxylic acids is 1. The maximum absolute atomic E-state index is 12.0. The summed E-state index contributed by atoms with van der Waals surface area (Å²) in [6.07, 6.45) is 2.31. The van der Waals surface area contributed by atoms with Gasteiger partial charge in [-0.05, 0) is 43.5 Å². The highest BCUT2D eigenvalue weighted by Crippen LogP contribution is 2.23. The van der Waals surface area contributed by atoms with Gasteiger partial charge in [0, 0.05) is 31.1 Å². The molecule has 1 aromatic carbocycles. The predicted molar refractivity (Wildman–Crippen MR) is 91.9 cm³/mol. The van der Waals surface area contributed by atoms with Crippen molar-refractivity contribution in [2.45, 2.75) is 33.2 Å². The van der Waals surface area contributed by atoms with Gasteiger partial charge in [-0.25, -0.2) is 0 Å². The first-order valence-electron chi connectivity index (χ1n) is 8.18. The molecule has 1 fully saturated rings. The third-order valence-electron chi connectivity index (χ3n) is 4.46. The highest BCUT2D eigenvalue weighted by atomic mass is 35.5. The average Bonchev–Trinajstić information content (AvgIpc) is 2.50. The predicted octanol–water partition coefficient (Wildman–Crippen LogP) is 3.67. The molecule has 1 aliphatic heterocycles. The monoisotopic (exact) mass is 322 g/mol. The second-order valence-corrected chi connectivity index (χ2v) is 7.09. The Balaban J connectivity index is 1.78. The fourth-order valence-corrected chi connectivity index (χ4v) is 3.31. The van der Waals surface area contributed by atoms with Crippen molar-refractivity contribution in [1.29, 1.82) is 0 Å². The Bertz CT molecular complexity index is 496. The maximum Gasteiger partial charge on any atom is 0.224 e. The number of hydrogen-bond acceptors (Lipinski definition) is 2. The normalized spacial score (nSPS) is 17.0. The summed E-state index contributed by atoms with van der Waals surface area (Å²) in [6, 6.07) is 8.07. The summed E-state index contributed by atoms with van der Waals surface area (Å²) in [6.45, 7) is 7.90. The molecule has 2 rings (SSSR count). The van der Waals surface area contributed by atoms with E-state index in [1.807, 2.05) is 44.0 Å². The minimum atomic E-state index is 0.0883. The van der Waals surface area contributed by atoms with Crippen LogP contribution in [0.1, 0.15) is 32.3 Å². The number of halogens is 1. The Hall–Kier alpha value is -1.06. The standard InChI is InChI=1S/C18H27ClN2O/c1-14(2)18(22)20(3)12-15-8-10-21(11-9-15)13-16-6-4-5-7-17(16)19/h4-7,14-15H,8-13H2,1-3H3. The molecule has 0 radical (unpaired) electrons. The van der Waals surface area contributed by atoms with Gasteiger partial charge in [-0.1, -0.05) is 43.6 Å². The minimum Gasteiger partial charge on any atom is -0.345 e. The van der Waals surface area contributed by atoms with Crippen LogP contribution in [0.3, 0.4) is 0 Å². The molecule has 1 heterocycles. The fraction of sp³-hybridized carbons (Fsp3) is 0.611. The van der Waals surface area contributed by atoms with Crippen LogP contribution in [0.15, 0.2) is 24.3 Å². The molecular weight excluding hydrogens is 296 g/mol. The third kappa shape index (κ3) is 4.72. The molecule has 0 N–H and O–H groups in total. The van der Waals surface area contributed by atoms with E-state index in [1.165, 1.54) is 5.56 Å². The summed E-state index contributed by atoms with van der Waals surface area (Å²) in [5.41, 5.74) is 1.20. The van der Waals surface area contributed by atoms with Crippen molar-refractivity contribution in [2.24, 2.45) is 11.8 Å². The molecule has 3 nitrogen and oxygen atoms in total. The summed E-state index contributed by atoms with van der Waals surface area (Å²) >= 11 is 6.23. The van der Waals surface area contributed by atoms with E-state index in [1.54, 1.807) is 0 Å². The molecule has 0 aliphatic carbocycles. The SMILES string of the molecule is CC(C)C(=O)N(C)CC1CCN(Cc2ccccc2Cl)CC1. The maximum atomic E-state index is 12.0. The number of amides is 1. The van der Waals surface area contributed by atoms with Gasteiger partial charge < -0.3 is 4.90 Å². The average molecular weight is 323 g/mol. The number of benzene rings is 1. The van der Waals surface area contributed by atoms with Crippen LogP contribution in [0.25, 0.3) is 0 Å². The Morgan fingerprint density at radius 1 is 1.32 bits per heavy atom. The van der Waals surface area contributed by atoms with Crippen molar-refractivity contribution < 1.29 is 4.79 Å². The largest absolute Gasteiger partial charge is 0.345 e. The van der Waals surface area contributed by atoms with Gasteiger partial charge in [0.25, 0.3) is 0 Å². The summed E-state index contributed by atoms with van der Waals surface area (Å²) < 4.78 is 0. The summed E-state index contributed by atoms with van der Waals surface area (Å²) in [4.78, 5) is 16.3. The summed E-state index contributed by atoms with van der Waals surface area (Å²) in [5, 5.41) is 0.854. The van der Waals surface area contributed by atoms with E-state index in [4.69, 9.17) is 11.6 Å². The van der Waals surface area contributed by atoms with Gasteiger partial charge >= 0.3 is 0 Å². The molecule has 22 heavy (non-hydrogen) atoms. The van der Waals surface area contributed by atoms with Gasteiger partial charge in [0.15, 0.2) is 0 Å². The number of carbonyl (C=O) groups is 1. The van der Waals surface area contributed by atoms with Crippen molar-refractivity contribution >= 4 is 17.5 Å². The van der Waals surface area contributed by atoms with Gasteiger partial charge in [-0.2, -0.15) is 0 Å². The Morgan fingerprint density at radius 2 is 1.95 bits per heavy atom. The molecule has 1 aromatic rings. The molecule has 4 heteroatoms. The lowest BCUT2D eigenvalue weighted by Crippen LogP contribution is -2.40. The van der Waals surface area contributed by atoms with Crippen LogP contribution >= 0.6 is 11.6 Å². The van der Waals surface area contributed by atoms with E-state index in [0.717, 1.165) is 44.0 Å². The van der Waals surface area contributed by atoms with Crippen molar-refractivity contribution in [1.82, 2.24) is 9.80 Å². The van der Waals surface area contributed by atoms with Crippen molar-refractivity contribution in [3.8, 4) is 0 Å². The van der Waals surface area contributed by atoms with E-state index in [9.17, 15) is 4.79 Å². The van der Waals surface area contributed by atoms with Crippen LogP contribution in [0, 0.1) is 11.8 Å². The molecule has 1 aliphatic rings. The zero-order valence-corrected chi connectivity index (χ0v) is 14.6. The number of piperidine rings is 1. The van der Waals surface area contributed by atoms with Gasteiger partial charge in [0.1, 0.15) is 0 Å². The minimum absolute atomic E-state index is 0.0883. The van der Waals surface area contributed by atoms with Crippen molar-refractivity contribution in [3.63, 3.8) is 0 Å². The lowest BCUT2D eigenvalue weighted by molar-refractivity contribution is -0.133. The van der Waals surface area contributed by atoms with Gasteiger partial charge in [-0.3, -0.25) is 9.69 Å². The summed E-state index contributed by atoms with van der Waals surface area (Å²) in [7, 11) is 1.93. The van der Waals surface area contributed by atoms with E-state index in [-0.39, 0.29) is 11.8 Å². The van der Waals surface area contributed by atoms with Crippen LogP contribution < -0.4 is 0 Å². The van der Waals surface area contributed by atoms with Crippen LogP contribution in [0.2, 0.25) is 5.02 Å². The molecule has 122 valence electrons. The zero-order valence-electron chi connectivity index (χ0n) is 13.9. The third-order valence-corrected chi connectivity index (χ3v) is 4.83. The van der Waals surface area contributed by atoms with Crippen molar-refractivity contribution in [2.75, 3.05) is 26.7 Å². The Morgan fingerprint density at radius 3 is 2.55 bits per heavy atom. The number of rotatable bonds is 5. The second kappa shape index (κ2) is 7.98. The molecule has 1 saturated heterocycles. The van der Waals surface area contributed by atoms with Crippen LogP contribution in [-0.4, -0.2) is 42.4 Å². The van der Waals surface area contributed by atoms with Gasteiger partial charge in [0.05, 0.1) is 0 Å². The zero-order chi connectivity index (χ0) is 16.1. The van der Waals surface area contributed by atoms with E-state index in [0.29, 0.717) is 5.92 Å². The first kappa shape index (κ1) is 17.3. The molecule has 0 saturated carbocycles. The molecule has 0 unspecified atom stereocenters. The number of likely N-dealkylation sites (tertiary alicyclic amines) is 1. The fourth-order valence-electron chi connectivity index (χ4n) is 3.11. The highest BCUT2D eigenvalue weighted by molar-refractivity contribution is 6.31. The lowest BCUT2D eigenvalue weighted by Gasteiger charge is -2.34. The first-order chi connectivity index (χ1) is 10.5. The van der Waals surface area contributed by atoms with E-state index >= 15 is 0 Å². The van der Waals surface area contributed by atoms with Gasteiger partial charge in [0.2, 0.25) is 5.91 Å². The van der Waals surface area contributed by atoms with Crippen LogP contribution in [0.5, 0.6) is 0 Å². The number of hydrogen-bond donors (Lipinski definition) is 0. The summed E-state index contributed by atoms with van der Waals surface area (Å²) in [5.74, 6) is 0.957. The van der Waals surface area contributed by atoms with E-state index in [2.05, 4.69) is 11.0 Å². The lowest BCUT2D eigenvalue weighted by atomic mass is 9.95. The molecule has 1 amide bonds. The second-order valence-electron chi connectivity index (χ2n) is 6.68. The molecule has 0 bridgehead atoms. The van der Waals surface area contributed by atoms with E-state index < -0.39 is 0 Å². The smallest absolute Gasteiger partial charge is 0.224 e. The quantitative estimate of drug-likeness (QED) is 0.826. The van der Waals surface area contributed by atoms with Crippen LogP contribution in [0.4, 0.5) is 0 Å². The number of nitrogens with zero attached hydrogens (tertiary/aromatic N) is 2. The molecule has 0 spiro atoms. The van der Waals surface area contributed by atoms with Crippen molar-refractivity contribution in [3.05, 3.63) is 34.9 Å². The topological polar surface area (TPSA) is 23.6 Å². The molecule has 0 atom stereocenters. The highest BCUT2D eigenvalue weighted by Gasteiger charge is 2.23. The molecule has 0 aromatic heterocycles. The first-order valence-corrected chi connectivity index (χ1v) is 8.56. The Labute approximate surface area is 139 Å². The van der Waals surface area contributed by atoms with Crippen LogP contribution in [-0.2, 0) is 11.3 Å². The molecular formula is C18H27ClN2O. The van der Waals surface area contributed by atoms with Gasteiger partial charge in [-0.15, -0.1) is 0 Å². The Kier molecular flexibility index (Phi) is 6.27.